The van der Waals surface area contributed by atoms with Gasteiger partial charge in [-0.25, -0.2) is 4.98 Å². The number of amides is 1. The van der Waals surface area contributed by atoms with Crippen molar-refractivity contribution in [2.75, 3.05) is 12.4 Å². The average Bonchev–Trinajstić information content (AvgIpc) is 2.79. The monoisotopic (exact) mass is 372 g/mol. The van der Waals surface area contributed by atoms with Gasteiger partial charge in [-0.2, -0.15) is 4.98 Å². The molecule has 0 bridgehead atoms. The van der Waals surface area contributed by atoms with Gasteiger partial charge in [0.2, 0.25) is 11.8 Å². The summed E-state index contributed by atoms with van der Waals surface area (Å²) in [5.74, 6) is 0.0820. The quantitative estimate of drug-likeness (QED) is 0.816. The summed E-state index contributed by atoms with van der Waals surface area (Å²) in [5, 5.41) is 2.82. The molecule has 0 atom stereocenters. The second kappa shape index (κ2) is 6.91. The number of carbonyl (C=O) groups is 1. The third-order valence-corrected chi connectivity index (χ3v) is 3.29. The van der Waals surface area contributed by atoms with Gasteiger partial charge in [-0.3, -0.25) is 10.1 Å². The van der Waals surface area contributed by atoms with Gasteiger partial charge in [0, 0.05) is 23.3 Å². The van der Waals surface area contributed by atoms with Gasteiger partial charge in [0.15, 0.2) is 0 Å². The Hall–Kier alpha value is -1.60. The lowest BCUT2D eigenvalue weighted by atomic mass is 10.4. The summed E-state index contributed by atoms with van der Waals surface area (Å²) in [5.41, 5.74) is 0.520. The minimum atomic E-state index is -0.307. The van der Waals surface area contributed by atoms with E-state index in [1.807, 2.05) is 17.7 Å². The number of nitrogens with one attached hydrogen (secondary N) is 1. The first-order chi connectivity index (χ1) is 10.0. The van der Waals surface area contributed by atoms with E-state index in [0.717, 1.165) is 17.4 Å². The van der Waals surface area contributed by atoms with Gasteiger partial charge in [-0.05, 0) is 28.4 Å². The van der Waals surface area contributed by atoms with Crippen molar-refractivity contribution in [1.29, 1.82) is 0 Å². The summed E-state index contributed by atoms with van der Waals surface area (Å²) in [6.07, 6.45) is 2.78. The lowest BCUT2D eigenvalue weighted by molar-refractivity contribution is 0.101. The number of nitrogens with zero attached hydrogens (tertiary/aromatic N) is 3. The molecule has 0 saturated carbocycles. The highest BCUT2D eigenvalue weighted by molar-refractivity contribution is 9.10. The predicted molar refractivity (Wildman–Crippen MR) is 84.0 cm³/mol. The molecule has 2 rings (SSSR count). The molecule has 0 aliphatic heterocycles. The second-order valence-electron chi connectivity index (χ2n) is 4.25. The molecule has 112 valence electrons. The number of carbonyl (C=O) groups excluding carboxylic acids is 1. The van der Waals surface area contributed by atoms with Crippen LogP contribution in [0.15, 0.2) is 22.8 Å². The highest BCUT2D eigenvalue weighted by Crippen LogP contribution is 2.19. The molecule has 2 heterocycles. The molecule has 0 fully saturated rings. The fourth-order valence-electron chi connectivity index (χ4n) is 1.81. The van der Waals surface area contributed by atoms with E-state index >= 15 is 0 Å². The van der Waals surface area contributed by atoms with Crippen molar-refractivity contribution in [3.63, 3.8) is 0 Å². The molecule has 0 unspecified atom stereocenters. The van der Waals surface area contributed by atoms with Gasteiger partial charge in [-0.15, -0.1) is 0 Å². The summed E-state index contributed by atoms with van der Waals surface area (Å²) in [6, 6.07) is 3.21. The molecule has 0 radical (unpaired) electrons. The number of aryl methyl sites for hydroxylation is 1. The van der Waals surface area contributed by atoms with Crippen LogP contribution in [-0.2, 0) is 6.54 Å². The number of hydrogen-bond donors (Lipinski definition) is 1. The molecule has 0 aliphatic carbocycles. The van der Waals surface area contributed by atoms with Crippen LogP contribution in [0.3, 0.4) is 0 Å². The fourth-order valence-corrected chi connectivity index (χ4v) is 2.45. The second-order valence-corrected chi connectivity index (χ2v) is 5.55. The van der Waals surface area contributed by atoms with E-state index < -0.39 is 0 Å². The summed E-state index contributed by atoms with van der Waals surface area (Å²) in [7, 11) is 1.47. The van der Waals surface area contributed by atoms with Crippen molar-refractivity contribution in [3.8, 4) is 5.88 Å². The zero-order chi connectivity index (χ0) is 15.4. The Labute approximate surface area is 135 Å². The fraction of sp³-hybridized carbons (Fsp3) is 0.308. The Morgan fingerprint density at radius 1 is 1.48 bits per heavy atom. The molecule has 0 aromatic carbocycles. The van der Waals surface area contributed by atoms with Crippen LogP contribution in [0.2, 0.25) is 5.15 Å². The Kier molecular flexibility index (Phi) is 5.19. The third-order valence-electron chi connectivity index (χ3n) is 2.67. The van der Waals surface area contributed by atoms with Crippen LogP contribution in [0.4, 0.5) is 5.95 Å². The Morgan fingerprint density at radius 2 is 2.24 bits per heavy atom. The van der Waals surface area contributed by atoms with Crippen LogP contribution in [0.25, 0.3) is 0 Å². The van der Waals surface area contributed by atoms with E-state index in [2.05, 4.69) is 31.2 Å². The van der Waals surface area contributed by atoms with Gasteiger partial charge >= 0.3 is 0 Å². The molecule has 0 saturated heterocycles. The summed E-state index contributed by atoms with van der Waals surface area (Å²) in [6.45, 7) is 2.79. The minimum Gasteiger partial charge on any atom is -0.481 e. The Bertz CT molecular complexity index is 660. The smallest absolute Gasteiger partial charge is 0.274 e. The molecule has 2 aromatic rings. The summed E-state index contributed by atoms with van der Waals surface area (Å²) >= 11 is 9.22. The molecule has 0 spiro atoms. The topological polar surface area (TPSA) is 69.0 Å². The Balaban J connectivity index is 2.23. The number of aromatic nitrogens is 3. The van der Waals surface area contributed by atoms with E-state index in [1.54, 1.807) is 6.07 Å². The average molecular weight is 374 g/mol. The van der Waals surface area contributed by atoms with E-state index in [9.17, 15) is 4.79 Å². The Morgan fingerprint density at radius 3 is 2.90 bits per heavy atom. The number of hydrogen-bond acceptors (Lipinski definition) is 4. The SMILES string of the molecule is CCCn1cc(Br)cc1C(=O)Nc1nc(Cl)cc(OC)n1. The summed E-state index contributed by atoms with van der Waals surface area (Å²) in [4.78, 5) is 20.3. The van der Waals surface area contributed by atoms with Crippen molar-refractivity contribution in [2.24, 2.45) is 0 Å². The van der Waals surface area contributed by atoms with E-state index in [-0.39, 0.29) is 22.9 Å². The number of anilines is 1. The maximum atomic E-state index is 12.3. The van der Waals surface area contributed by atoms with Crippen LogP contribution in [0.1, 0.15) is 23.8 Å². The first-order valence-corrected chi connectivity index (χ1v) is 7.46. The van der Waals surface area contributed by atoms with E-state index in [4.69, 9.17) is 16.3 Å². The summed E-state index contributed by atoms with van der Waals surface area (Å²) < 4.78 is 7.69. The maximum Gasteiger partial charge on any atom is 0.274 e. The van der Waals surface area contributed by atoms with Crippen LogP contribution in [0.5, 0.6) is 5.88 Å². The zero-order valence-corrected chi connectivity index (χ0v) is 13.9. The number of ether oxygens (including phenoxy) is 1. The van der Waals surface area contributed by atoms with E-state index in [0.29, 0.717) is 5.69 Å². The van der Waals surface area contributed by atoms with Gasteiger partial charge in [0.25, 0.3) is 5.91 Å². The first kappa shape index (κ1) is 15.8. The molecule has 0 aliphatic rings. The molecule has 6 nitrogen and oxygen atoms in total. The highest BCUT2D eigenvalue weighted by Gasteiger charge is 2.15. The van der Waals surface area contributed by atoms with Crippen molar-refractivity contribution >= 4 is 39.4 Å². The van der Waals surface area contributed by atoms with Crippen LogP contribution in [0, 0.1) is 0 Å². The van der Waals surface area contributed by atoms with Crippen LogP contribution < -0.4 is 10.1 Å². The first-order valence-electron chi connectivity index (χ1n) is 6.29. The molecule has 2 aromatic heterocycles. The zero-order valence-electron chi connectivity index (χ0n) is 11.6. The predicted octanol–water partition coefficient (Wildman–Crippen LogP) is 3.36. The molecular weight excluding hydrogens is 360 g/mol. The van der Waals surface area contributed by atoms with Crippen LogP contribution >= 0.6 is 27.5 Å². The molecule has 21 heavy (non-hydrogen) atoms. The lowest BCUT2D eigenvalue weighted by Gasteiger charge is -2.08. The lowest BCUT2D eigenvalue weighted by Crippen LogP contribution is -2.18. The normalized spacial score (nSPS) is 10.5. The molecule has 1 N–H and O–H groups in total. The standard InChI is InChI=1S/C13H14BrClN4O2/c1-3-4-19-7-8(14)5-9(19)12(20)18-13-16-10(15)6-11(17-13)21-2/h5-7H,3-4H2,1-2H3,(H,16,17,18,20). The number of halogens is 2. The van der Waals surface area contributed by atoms with Crippen molar-refractivity contribution in [1.82, 2.24) is 14.5 Å². The highest BCUT2D eigenvalue weighted by atomic mass is 79.9. The van der Waals surface area contributed by atoms with Crippen molar-refractivity contribution in [3.05, 3.63) is 33.6 Å². The van der Waals surface area contributed by atoms with E-state index in [1.165, 1.54) is 13.2 Å². The molecule has 1 amide bonds. The van der Waals surface area contributed by atoms with Gasteiger partial charge in [0.1, 0.15) is 10.8 Å². The minimum absolute atomic E-state index is 0.102. The largest absolute Gasteiger partial charge is 0.481 e. The van der Waals surface area contributed by atoms with Crippen LogP contribution in [-0.4, -0.2) is 27.6 Å². The van der Waals surface area contributed by atoms with Gasteiger partial charge in [-0.1, -0.05) is 18.5 Å². The maximum absolute atomic E-state index is 12.3. The third kappa shape index (κ3) is 3.95. The van der Waals surface area contributed by atoms with Gasteiger partial charge in [0.05, 0.1) is 7.11 Å². The number of rotatable bonds is 5. The number of methoxy groups -OCH3 is 1. The molecular formula is C13H14BrClN4O2. The molecule has 8 heteroatoms. The van der Waals surface area contributed by atoms with Crippen molar-refractivity contribution < 1.29 is 9.53 Å². The van der Waals surface area contributed by atoms with Gasteiger partial charge < -0.3 is 9.30 Å². The van der Waals surface area contributed by atoms with Crippen molar-refractivity contribution in [2.45, 2.75) is 19.9 Å².